The molecule has 0 fully saturated rings. The second kappa shape index (κ2) is 6.83. The average molecular weight is 365 g/mol. The molecule has 27 heavy (non-hydrogen) atoms. The van der Waals surface area contributed by atoms with Gasteiger partial charge < -0.3 is 9.15 Å². The third-order valence-corrected chi connectivity index (χ3v) is 4.33. The van der Waals surface area contributed by atoms with Crippen LogP contribution in [0.3, 0.4) is 0 Å². The highest BCUT2D eigenvalue weighted by Crippen LogP contribution is 2.32. The highest BCUT2D eigenvalue weighted by molar-refractivity contribution is 5.77. The second-order valence-corrected chi connectivity index (χ2v) is 6.24. The van der Waals surface area contributed by atoms with Gasteiger partial charge in [0.1, 0.15) is 5.52 Å². The van der Waals surface area contributed by atoms with Gasteiger partial charge in [-0.15, -0.1) is 0 Å². The Bertz CT molecular complexity index is 1120. The second-order valence-electron chi connectivity index (χ2n) is 6.24. The minimum atomic E-state index is -0.979. The Morgan fingerprint density at radius 2 is 1.67 bits per heavy atom. The molecule has 0 aliphatic carbocycles. The minimum Gasteiger partial charge on any atom is -0.491 e. The molecule has 0 bridgehead atoms. The normalized spacial score (nSPS) is 11.1. The summed E-state index contributed by atoms with van der Waals surface area (Å²) in [5.41, 5.74) is 4.10. The molecule has 5 heteroatoms. The van der Waals surface area contributed by atoms with Crippen molar-refractivity contribution >= 4 is 11.1 Å². The predicted octanol–water partition coefficient (Wildman–Crippen LogP) is 6.15. The van der Waals surface area contributed by atoms with Gasteiger partial charge in [0, 0.05) is 11.1 Å². The van der Waals surface area contributed by atoms with Crippen LogP contribution in [-0.2, 0) is 0 Å². The molecule has 0 N–H and O–H groups in total. The van der Waals surface area contributed by atoms with Gasteiger partial charge in [0.15, 0.2) is 17.1 Å². The Morgan fingerprint density at radius 1 is 0.926 bits per heavy atom. The summed E-state index contributed by atoms with van der Waals surface area (Å²) in [4.78, 5) is 4.49. The van der Waals surface area contributed by atoms with E-state index in [-0.39, 0.29) is 17.9 Å². The van der Waals surface area contributed by atoms with Crippen LogP contribution in [0, 0.1) is 18.6 Å². The van der Waals surface area contributed by atoms with Crippen LogP contribution in [0.15, 0.2) is 59.0 Å². The van der Waals surface area contributed by atoms with Crippen LogP contribution >= 0.6 is 0 Å². The smallest absolute Gasteiger partial charge is 0.227 e. The maximum Gasteiger partial charge on any atom is 0.227 e. The molecule has 136 valence electrons. The molecule has 0 amide bonds. The van der Waals surface area contributed by atoms with Crippen LogP contribution in [0.2, 0.25) is 0 Å². The fraction of sp³-hybridized carbons (Fsp3) is 0.136. The molecule has 4 aromatic rings. The maximum atomic E-state index is 14.4. The van der Waals surface area contributed by atoms with Crippen molar-refractivity contribution in [1.82, 2.24) is 4.98 Å². The molecule has 4 rings (SSSR count). The number of oxazole rings is 1. The van der Waals surface area contributed by atoms with Crippen molar-refractivity contribution in [2.24, 2.45) is 0 Å². The van der Waals surface area contributed by atoms with Crippen molar-refractivity contribution in [3.05, 3.63) is 71.8 Å². The van der Waals surface area contributed by atoms with Crippen molar-refractivity contribution in [3.63, 3.8) is 0 Å². The van der Waals surface area contributed by atoms with E-state index in [2.05, 4.69) is 4.98 Å². The number of halogens is 2. The number of aromatic nitrogens is 1. The van der Waals surface area contributed by atoms with Crippen molar-refractivity contribution in [2.75, 3.05) is 6.61 Å². The van der Waals surface area contributed by atoms with E-state index < -0.39 is 11.6 Å². The minimum absolute atomic E-state index is 0.0860. The number of hydrogen-bond donors (Lipinski definition) is 0. The molecule has 3 aromatic carbocycles. The Hall–Kier alpha value is -3.21. The third-order valence-electron chi connectivity index (χ3n) is 4.33. The van der Waals surface area contributed by atoms with Gasteiger partial charge in [0.25, 0.3) is 0 Å². The zero-order chi connectivity index (χ0) is 19.0. The summed E-state index contributed by atoms with van der Waals surface area (Å²) in [6.45, 7) is 3.99. The van der Waals surface area contributed by atoms with E-state index in [9.17, 15) is 8.78 Å². The molecule has 0 radical (unpaired) electrons. The van der Waals surface area contributed by atoms with Crippen LogP contribution < -0.4 is 4.74 Å². The van der Waals surface area contributed by atoms with Gasteiger partial charge in [-0.25, -0.2) is 9.37 Å². The number of nitrogens with zero attached hydrogens (tertiary/aromatic N) is 1. The molecule has 0 spiro atoms. The maximum absolute atomic E-state index is 14.4. The molecule has 1 heterocycles. The van der Waals surface area contributed by atoms with E-state index in [4.69, 9.17) is 9.15 Å². The largest absolute Gasteiger partial charge is 0.491 e. The van der Waals surface area contributed by atoms with Gasteiger partial charge in [-0.3, -0.25) is 0 Å². The van der Waals surface area contributed by atoms with Gasteiger partial charge >= 0.3 is 0 Å². The number of hydrogen-bond acceptors (Lipinski definition) is 3. The molecule has 0 unspecified atom stereocenters. The first-order valence-corrected chi connectivity index (χ1v) is 8.65. The summed E-state index contributed by atoms with van der Waals surface area (Å²) in [6.07, 6.45) is 0. The van der Waals surface area contributed by atoms with Gasteiger partial charge in [0.05, 0.1) is 6.61 Å². The SMILES string of the molecule is CCOc1ccc(-c2ccc(-c3nc4cc(C)ccc4o3)cc2)c(F)c1F. The van der Waals surface area contributed by atoms with E-state index in [0.29, 0.717) is 17.0 Å². The van der Waals surface area contributed by atoms with Gasteiger partial charge in [-0.2, -0.15) is 4.39 Å². The third kappa shape index (κ3) is 3.16. The summed E-state index contributed by atoms with van der Waals surface area (Å²) >= 11 is 0. The topological polar surface area (TPSA) is 35.3 Å². The summed E-state index contributed by atoms with van der Waals surface area (Å²) in [5, 5.41) is 0. The lowest BCUT2D eigenvalue weighted by Crippen LogP contribution is -1.98. The van der Waals surface area contributed by atoms with E-state index >= 15 is 0 Å². The lowest BCUT2D eigenvalue weighted by molar-refractivity contribution is 0.314. The number of benzene rings is 3. The molecular weight excluding hydrogens is 348 g/mol. The Morgan fingerprint density at radius 3 is 2.41 bits per heavy atom. The number of ether oxygens (including phenoxy) is 1. The number of fused-ring (bicyclic) bond motifs is 1. The molecule has 1 aromatic heterocycles. The van der Waals surface area contributed by atoms with E-state index in [0.717, 1.165) is 16.6 Å². The zero-order valence-corrected chi connectivity index (χ0v) is 14.9. The Labute approximate surface area is 155 Å². The molecular formula is C22H17F2NO2. The zero-order valence-electron chi connectivity index (χ0n) is 14.9. The monoisotopic (exact) mass is 365 g/mol. The van der Waals surface area contributed by atoms with Crippen LogP contribution in [0.4, 0.5) is 8.78 Å². The predicted molar refractivity (Wildman–Crippen MR) is 101 cm³/mol. The first kappa shape index (κ1) is 17.2. The molecule has 0 saturated heterocycles. The summed E-state index contributed by atoms with van der Waals surface area (Å²) in [5.74, 6) is -1.50. The van der Waals surface area contributed by atoms with Crippen LogP contribution in [0.25, 0.3) is 33.7 Å². The van der Waals surface area contributed by atoms with Crippen molar-refractivity contribution in [1.29, 1.82) is 0 Å². The fourth-order valence-corrected chi connectivity index (χ4v) is 2.97. The molecule has 0 aliphatic rings. The fourth-order valence-electron chi connectivity index (χ4n) is 2.97. The van der Waals surface area contributed by atoms with Crippen LogP contribution in [-0.4, -0.2) is 11.6 Å². The quantitative estimate of drug-likeness (QED) is 0.435. The lowest BCUT2D eigenvalue weighted by Gasteiger charge is -2.09. The highest BCUT2D eigenvalue weighted by atomic mass is 19.2. The van der Waals surface area contributed by atoms with Gasteiger partial charge in [-0.1, -0.05) is 18.2 Å². The van der Waals surface area contributed by atoms with E-state index in [1.54, 1.807) is 31.2 Å². The standard InChI is InChI=1S/C22H17F2NO2/c1-3-26-19-11-9-16(20(23)21(19)24)14-5-7-15(8-6-14)22-25-17-12-13(2)4-10-18(17)27-22/h4-12H,3H2,1-2H3. The van der Waals surface area contributed by atoms with E-state index in [1.807, 2.05) is 25.1 Å². The Kier molecular flexibility index (Phi) is 4.36. The molecule has 0 aliphatic heterocycles. The average Bonchev–Trinajstić information content (AvgIpc) is 3.09. The number of rotatable bonds is 4. The summed E-state index contributed by atoms with van der Waals surface area (Å²) < 4.78 is 39.4. The summed E-state index contributed by atoms with van der Waals surface area (Å²) in [7, 11) is 0. The molecule has 0 saturated carbocycles. The van der Waals surface area contributed by atoms with Crippen molar-refractivity contribution in [3.8, 4) is 28.3 Å². The van der Waals surface area contributed by atoms with Crippen LogP contribution in [0.5, 0.6) is 5.75 Å². The van der Waals surface area contributed by atoms with Crippen molar-refractivity contribution < 1.29 is 17.9 Å². The molecule has 0 atom stereocenters. The first-order valence-electron chi connectivity index (χ1n) is 8.65. The van der Waals surface area contributed by atoms with Gasteiger partial charge in [0.2, 0.25) is 11.7 Å². The first-order chi connectivity index (χ1) is 13.1. The molecule has 3 nitrogen and oxygen atoms in total. The van der Waals surface area contributed by atoms with E-state index in [1.165, 1.54) is 12.1 Å². The Balaban J connectivity index is 1.68. The van der Waals surface area contributed by atoms with Gasteiger partial charge in [-0.05, 0) is 61.4 Å². The highest BCUT2D eigenvalue weighted by Gasteiger charge is 2.16. The lowest BCUT2D eigenvalue weighted by atomic mass is 10.0. The number of aryl methyl sites for hydroxylation is 1. The van der Waals surface area contributed by atoms with Crippen molar-refractivity contribution in [2.45, 2.75) is 13.8 Å². The van der Waals surface area contributed by atoms with Crippen LogP contribution in [0.1, 0.15) is 12.5 Å². The summed E-state index contributed by atoms with van der Waals surface area (Å²) in [6, 6.07) is 15.7.